The molecule has 7 heteroatoms. The number of hydrogen-bond acceptors (Lipinski definition) is 4. The smallest absolute Gasteiger partial charge is 0.410 e. The van der Waals surface area contributed by atoms with Crippen LogP contribution in [-0.4, -0.2) is 47.6 Å². The number of amides is 1. The second-order valence-electron chi connectivity index (χ2n) is 8.02. The van der Waals surface area contributed by atoms with Crippen LogP contribution in [0.1, 0.15) is 50.9 Å². The highest BCUT2D eigenvalue weighted by molar-refractivity contribution is 5.94. The Hall–Kier alpha value is -2.18. The summed E-state index contributed by atoms with van der Waals surface area (Å²) in [5, 5.41) is 0. The lowest BCUT2D eigenvalue weighted by atomic mass is 10.1. The molecule has 142 valence electrons. The first-order valence-corrected chi connectivity index (χ1v) is 8.83. The van der Waals surface area contributed by atoms with E-state index in [0.29, 0.717) is 13.1 Å². The van der Waals surface area contributed by atoms with E-state index < -0.39 is 23.0 Å². The predicted molar refractivity (Wildman–Crippen MR) is 93.5 cm³/mol. The normalized spacial score (nSPS) is 22.5. The Balaban J connectivity index is 1.80. The van der Waals surface area contributed by atoms with Crippen molar-refractivity contribution in [1.82, 2.24) is 4.90 Å². The molecule has 2 fully saturated rings. The summed E-state index contributed by atoms with van der Waals surface area (Å²) >= 11 is 0. The number of ether oxygens (including phenoxy) is 1. The lowest BCUT2D eigenvalue weighted by molar-refractivity contribution is 0.0123. The van der Waals surface area contributed by atoms with Gasteiger partial charge >= 0.3 is 6.09 Å². The van der Waals surface area contributed by atoms with Crippen LogP contribution in [0.5, 0.6) is 0 Å². The maximum atomic E-state index is 14.5. The van der Waals surface area contributed by atoms with Crippen molar-refractivity contribution >= 4 is 17.6 Å². The van der Waals surface area contributed by atoms with E-state index in [1.54, 1.807) is 9.80 Å². The molecule has 3 rings (SSSR count). The summed E-state index contributed by atoms with van der Waals surface area (Å²) < 4.78 is 34.1. The second kappa shape index (κ2) is 6.52. The van der Waals surface area contributed by atoms with Crippen LogP contribution >= 0.6 is 0 Å². The number of halogens is 2. The Labute approximate surface area is 151 Å². The highest BCUT2D eigenvalue weighted by Crippen LogP contribution is 2.35. The van der Waals surface area contributed by atoms with E-state index in [1.165, 1.54) is 6.92 Å². The fraction of sp³-hybridized carbons (Fsp3) is 0.579. The van der Waals surface area contributed by atoms with Gasteiger partial charge < -0.3 is 9.64 Å². The van der Waals surface area contributed by atoms with Crippen LogP contribution in [0.15, 0.2) is 12.1 Å². The molecule has 0 aliphatic carbocycles. The third kappa shape index (κ3) is 3.52. The Morgan fingerprint density at radius 1 is 1.08 bits per heavy atom. The number of rotatable bonds is 2. The minimum absolute atomic E-state index is 0.0986. The molecule has 2 saturated heterocycles. The average molecular weight is 366 g/mol. The molecular weight excluding hydrogens is 342 g/mol. The number of benzene rings is 1. The van der Waals surface area contributed by atoms with Gasteiger partial charge in [0.1, 0.15) is 17.2 Å². The number of Topliss-reactive ketones (excluding diaryl/α,β-unsaturated/α-hetero) is 1. The van der Waals surface area contributed by atoms with Crippen molar-refractivity contribution in [3.63, 3.8) is 0 Å². The molecule has 1 aromatic carbocycles. The molecule has 2 atom stereocenters. The molecule has 2 aliphatic rings. The van der Waals surface area contributed by atoms with E-state index in [-0.39, 0.29) is 29.4 Å². The van der Waals surface area contributed by atoms with Gasteiger partial charge in [-0.15, -0.1) is 0 Å². The summed E-state index contributed by atoms with van der Waals surface area (Å²) in [6, 6.07) is 1.83. The first kappa shape index (κ1) is 18.6. The number of hydrogen-bond donors (Lipinski definition) is 0. The minimum atomic E-state index is -0.726. The van der Waals surface area contributed by atoms with Gasteiger partial charge in [-0.3, -0.25) is 9.69 Å². The Morgan fingerprint density at radius 2 is 1.65 bits per heavy atom. The van der Waals surface area contributed by atoms with Crippen LogP contribution in [0.4, 0.5) is 19.3 Å². The first-order valence-electron chi connectivity index (χ1n) is 8.83. The second-order valence-corrected chi connectivity index (χ2v) is 8.02. The summed E-state index contributed by atoms with van der Waals surface area (Å²) in [5.74, 6) is -1.86. The Kier molecular flexibility index (Phi) is 4.67. The summed E-state index contributed by atoms with van der Waals surface area (Å²) in [6.07, 6.45) is 1.25. The number of anilines is 1. The van der Waals surface area contributed by atoms with Crippen LogP contribution in [0.3, 0.4) is 0 Å². The minimum Gasteiger partial charge on any atom is -0.444 e. The standard InChI is InChI=1S/C19H24F2N2O3/c1-11(24)14-7-16(21)17(8-15(14)20)22-9-12-5-6-13(10-22)23(12)18(25)26-19(2,3)4/h7-8,12-13H,5-6,9-10H2,1-4H3. The van der Waals surface area contributed by atoms with E-state index in [0.717, 1.165) is 25.0 Å². The number of ketones is 1. The molecule has 26 heavy (non-hydrogen) atoms. The predicted octanol–water partition coefficient (Wildman–Crippen LogP) is 3.76. The largest absolute Gasteiger partial charge is 0.444 e. The van der Waals surface area contributed by atoms with Crippen molar-refractivity contribution in [3.05, 3.63) is 29.3 Å². The van der Waals surface area contributed by atoms with Crippen molar-refractivity contribution in [1.29, 1.82) is 0 Å². The van der Waals surface area contributed by atoms with E-state index in [9.17, 15) is 18.4 Å². The molecule has 5 nitrogen and oxygen atoms in total. The fourth-order valence-electron chi connectivity index (χ4n) is 3.76. The molecule has 0 N–H and O–H groups in total. The maximum absolute atomic E-state index is 14.5. The third-order valence-corrected chi connectivity index (χ3v) is 4.84. The SMILES string of the molecule is CC(=O)c1cc(F)c(N2CC3CCC(C2)N3C(=O)OC(C)(C)C)cc1F. The van der Waals surface area contributed by atoms with Crippen molar-refractivity contribution < 1.29 is 23.1 Å². The molecule has 2 unspecified atom stereocenters. The van der Waals surface area contributed by atoms with Gasteiger partial charge in [-0.2, -0.15) is 0 Å². The van der Waals surface area contributed by atoms with Crippen LogP contribution < -0.4 is 4.90 Å². The average Bonchev–Trinajstić information content (AvgIpc) is 2.78. The molecule has 2 bridgehead atoms. The van der Waals surface area contributed by atoms with Gasteiger partial charge in [-0.25, -0.2) is 13.6 Å². The topological polar surface area (TPSA) is 49.9 Å². The lowest BCUT2D eigenvalue weighted by Crippen LogP contribution is -2.57. The number of nitrogens with zero attached hydrogens (tertiary/aromatic N) is 2. The first-order chi connectivity index (χ1) is 12.1. The number of fused-ring (bicyclic) bond motifs is 2. The summed E-state index contributed by atoms with van der Waals surface area (Å²) in [6.45, 7) is 7.47. The monoisotopic (exact) mass is 366 g/mol. The molecule has 0 saturated carbocycles. The van der Waals surface area contributed by atoms with Gasteiger partial charge in [0, 0.05) is 19.2 Å². The van der Waals surface area contributed by atoms with Crippen molar-refractivity contribution in [2.24, 2.45) is 0 Å². The highest BCUT2D eigenvalue weighted by Gasteiger charge is 2.44. The Morgan fingerprint density at radius 3 is 2.15 bits per heavy atom. The molecule has 1 aromatic rings. The zero-order chi connectivity index (χ0) is 19.2. The van der Waals surface area contributed by atoms with Crippen molar-refractivity contribution in [3.8, 4) is 0 Å². The van der Waals surface area contributed by atoms with Crippen molar-refractivity contribution in [2.75, 3.05) is 18.0 Å². The van der Waals surface area contributed by atoms with Gasteiger partial charge in [0.15, 0.2) is 5.78 Å². The molecule has 0 spiro atoms. The zero-order valence-corrected chi connectivity index (χ0v) is 15.5. The van der Waals surface area contributed by atoms with Crippen LogP contribution in [-0.2, 0) is 4.74 Å². The molecule has 2 heterocycles. The Bertz CT molecular complexity index is 731. The summed E-state index contributed by atoms with van der Waals surface area (Å²) in [5.41, 5.74) is -0.694. The maximum Gasteiger partial charge on any atom is 0.410 e. The number of carbonyl (C=O) groups excluding carboxylic acids is 2. The van der Waals surface area contributed by atoms with Crippen molar-refractivity contribution in [2.45, 2.75) is 58.2 Å². The van der Waals surface area contributed by atoms with Crippen LogP contribution in [0.2, 0.25) is 0 Å². The van der Waals surface area contributed by atoms with Gasteiger partial charge in [-0.05, 0) is 46.6 Å². The molecular formula is C19H24F2N2O3. The van der Waals surface area contributed by atoms with Gasteiger partial charge in [0.25, 0.3) is 0 Å². The van der Waals surface area contributed by atoms with Gasteiger partial charge in [-0.1, -0.05) is 0 Å². The molecule has 2 aliphatic heterocycles. The lowest BCUT2D eigenvalue weighted by Gasteiger charge is -2.42. The number of carbonyl (C=O) groups is 2. The van der Waals surface area contributed by atoms with Gasteiger partial charge in [0.2, 0.25) is 0 Å². The third-order valence-electron chi connectivity index (χ3n) is 4.84. The van der Waals surface area contributed by atoms with Crippen LogP contribution in [0, 0.1) is 11.6 Å². The van der Waals surface area contributed by atoms with E-state index in [4.69, 9.17) is 4.74 Å². The quantitative estimate of drug-likeness (QED) is 0.748. The van der Waals surface area contributed by atoms with Crippen LogP contribution in [0.25, 0.3) is 0 Å². The highest BCUT2D eigenvalue weighted by atomic mass is 19.1. The van der Waals surface area contributed by atoms with Gasteiger partial charge in [0.05, 0.1) is 23.3 Å². The molecule has 0 radical (unpaired) electrons. The molecule has 0 aromatic heterocycles. The fourth-order valence-corrected chi connectivity index (χ4v) is 3.76. The number of piperazine rings is 1. The van der Waals surface area contributed by atoms with E-state index >= 15 is 0 Å². The van der Waals surface area contributed by atoms with E-state index in [2.05, 4.69) is 0 Å². The zero-order valence-electron chi connectivity index (χ0n) is 15.5. The summed E-state index contributed by atoms with van der Waals surface area (Å²) in [4.78, 5) is 27.3. The summed E-state index contributed by atoms with van der Waals surface area (Å²) in [7, 11) is 0. The van der Waals surface area contributed by atoms with E-state index in [1.807, 2.05) is 20.8 Å². The molecule has 1 amide bonds.